The highest BCUT2D eigenvalue weighted by Crippen LogP contribution is 2.24. The number of hydrazine groups is 1. The number of rotatable bonds is 7. The summed E-state index contributed by atoms with van der Waals surface area (Å²) in [6.45, 7) is 7.20. The largest absolute Gasteiger partial charge is 0.494 e. The second-order valence-corrected chi connectivity index (χ2v) is 9.24. The molecule has 31 heavy (non-hydrogen) atoms. The van der Waals surface area contributed by atoms with E-state index < -0.39 is 0 Å². The lowest BCUT2D eigenvalue weighted by atomic mass is 10.1. The molecule has 172 valence electrons. The Morgan fingerprint density at radius 2 is 1.61 bits per heavy atom. The van der Waals surface area contributed by atoms with Crippen molar-refractivity contribution in [2.24, 2.45) is 0 Å². The summed E-state index contributed by atoms with van der Waals surface area (Å²) in [5.41, 5.74) is 1.22. The topological polar surface area (TPSA) is 42.5 Å². The number of piperazine rings is 1. The van der Waals surface area contributed by atoms with Crippen LogP contribution >= 0.6 is 0 Å². The Kier molecular flexibility index (Phi) is 7.56. The maximum absolute atomic E-state index is 12.6. The van der Waals surface area contributed by atoms with Gasteiger partial charge in [0, 0.05) is 71.6 Å². The van der Waals surface area contributed by atoms with Gasteiger partial charge in [-0.3, -0.25) is 0 Å². The third kappa shape index (κ3) is 5.63. The molecule has 3 saturated heterocycles. The van der Waals surface area contributed by atoms with Crippen LogP contribution in [0.4, 0.5) is 10.5 Å². The van der Waals surface area contributed by atoms with Crippen LogP contribution in [-0.4, -0.2) is 98.4 Å². The number of urea groups is 1. The summed E-state index contributed by atoms with van der Waals surface area (Å²) in [6, 6.07) is 9.36. The molecule has 0 radical (unpaired) electrons. The highest BCUT2D eigenvalue weighted by molar-refractivity contribution is 5.75. The van der Waals surface area contributed by atoms with E-state index in [1.807, 2.05) is 9.80 Å². The molecule has 0 aromatic heterocycles. The molecule has 4 rings (SSSR count). The second-order valence-electron chi connectivity index (χ2n) is 9.24. The molecule has 2 amide bonds. The lowest BCUT2D eigenvalue weighted by molar-refractivity contribution is 0.00734. The number of nitrogens with zero attached hydrogens (tertiary/aromatic N) is 5. The van der Waals surface area contributed by atoms with Gasteiger partial charge in [0.1, 0.15) is 5.75 Å². The number of hydrogen-bond donors (Lipinski definition) is 0. The first-order chi connectivity index (χ1) is 15.1. The quantitative estimate of drug-likeness (QED) is 0.623. The molecular weight excluding hydrogens is 390 g/mol. The van der Waals surface area contributed by atoms with Crippen LogP contribution in [0.25, 0.3) is 0 Å². The average Bonchev–Trinajstić information content (AvgIpc) is 3.49. The first-order valence-corrected chi connectivity index (χ1v) is 12.1. The first kappa shape index (κ1) is 22.2. The number of anilines is 1. The fourth-order valence-electron chi connectivity index (χ4n) is 5.17. The molecule has 3 heterocycles. The van der Waals surface area contributed by atoms with Crippen molar-refractivity contribution in [1.82, 2.24) is 19.8 Å². The number of benzene rings is 1. The van der Waals surface area contributed by atoms with Crippen molar-refractivity contribution in [3.63, 3.8) is 0 Å². The Bertz CT molecular complexity index is 696. The summed E-state index contributed by atoms with van der Waals surface area (Å²) in [5.74, 6) is 0.947. The van der Waals surface area contributed by atoms with Crippen LogP contribution < -0.4 is 9.64 Å². The van der Waals surface area contributed by atoms with Gasteiger partial charge in [-0.2, -0.15) is 0 Å². The first-order valence-electron chi connectivity index (χ1n) is 12.1. The van der Waals surface area contributed by atoms with E-state index in [4.69, 9.17) is 4.74 Å². The highest BCUT2D eigenvalue weighted by Gasteiger charge is 2.27. The standard InChI is InChI=1S/C24H39N5O2/c1-25(2)29-15-5-7-22(29)8-6-20-31-23-11-9-21(10-12-23)26-16-18-28(19-17-26)24(30)27-13-3-4-14-27/h9-12,22H,3-8,13-20H2,1-2H3/t22-/m1/s1. The van der Waals surface area contributed by atoms with E-state index in [-0.39, 0.29) is 6.03 Å². The second kappa shape index (κ2) is 10.6. The van der Waals surface area contributed by atoms with Crippen LogP contribution in [0.3, 0.4) is 0 Å². The van der Waals surface area contributed by atoms with Crippen molar-refractivity contribution in [3.05, 3.63) is 24.3 Å². The van der Waals surface area contributed by atoms with Crippen LogP contribution in [-0.2, 0) is 0 Å². The number of ether oxygens (including phenoxy) is 1. The maximum Gasteiger partial charge on any atom is 0.320 e. The van der Waals surface area contributed by atoms with E-state index in [9.17, 15) is 4.79 Å². The fraction of sp³-hybridized carbons (Fsp3) is 0.708. The van der Waals surface area contributed by atoms with Gasteiger partial charge in [-0.1, -0.05) is 0 Å². The van der Waals surface area contributed by atoms with Crippen molar-refractivity contribution in [3.8, 4) is 5.75 Å². The van der Waals surface area contributed by atoms with Crippen molar-refractivity contribution in [2.75, 3.05) is 71.4 Å². The fourth-order valence-corrected chi connectivity index (χ4v) is 5.17. The average molecular weight is 430 g/mol. The van der Waals surface area contributed by atoms with Crippen LogP contribution in [0.1, 0.15) is 38.5 Å². The minimum absolute atomic E-state index is 0.229. The Hall–Kier alpha value is -1.99. The summed E-state index contributed by atoms with van der Waals surface area (Å²) < 4.78 is 6.00. The highest BCUT2D eigenvalue weighted by atomic mass is 16.5. The number of carbonyl (C=O) groups excluding carboxylic acids is 1. The van der Waals surface area contributed by atoms with Crippen LogP contribution in [0.5, 0.6) is 5.75 Å². The maximum atomic E-state index is 12.6. The van der Waals surface area contributed by atoms with Crippen LogP contribution in [0.2, 0.25) is 0 Å². The zero-order valence-electron chi connectivity index (χ0n) is 19.3. The molecule has 0 bridgehead atoms. The molecule has 7 heteroatoms. The summed E-state index contributed by atoms with van der Waals surface area (Å²) in [7, 11) is 4.28. The van der Waals surface area contributed by atoms with Gasteiger partial charge in [0.25, 0.3) is 0 Å². The summed E-state index contributed by atoms with van der Waals surface area (Å²) in [4.78, 5) is 19.0. The molecular formula is C24H39N5O2. The number of carbonyl (C=O) groups is 1. The molecule has 3 fully saturated rings. The predicted molar refractivity (Wildman–Crippen MR) is 125 cm³/mol. The molecule has 3 aliphatic heterocycles. The summed E-state index contributed by atoms with van der Waals surface area (Å²) in [6.07, 6.45) is 7.17. The van der Waals surface area contributed by atoms with E-state index >= 15 is 0 Å². The third-order valence-electron chi connectivity index (χ3n) is 6.94. The van der Waals surface area contributed by atoms with E-state index in [1.54, 1.807) is 0 Å². The lowest BCUT2D eigenvalue weighted by Gasteiger charge is -2.37. The van der Waals surface area contributed by atoms with E-state index in [2.05, 4.69) is 53.3 Å². The predicted octanol–water partition coefficient (Wildman–Crippen LogP) is 3.12. The minimum atomic E-state index is 0.229. The zero-order chi connectivity index (χ0) is 21.6. The van der Waals surface area contributed by atoms with E-state index in [1.165, 1.54) is 31.5 Å². The molecule has 0 unspecified atom stereocenters. The van der Waals surface area contributed by atoms with Gasteiger partial charge < -0.3 is 19.4 Å². The molecule has 1 aromatic rings. The van der Waals surface area contributed by atoms with Gasteiger partial charge in [-0.25, -0.2) is 14.8 Å². The van der Waals surface area contributed by atoms with Crippen LogP contribution in [0, 0.1) is 0 Å². The van der Waals surface area contributed by atoms with Gasteiger partial charge in [-0.15, -0.1) is 0 Å². The summed E-state index contributed by atoms with van der Waals surface area (Å²) >= 11 is 0. The molecule has 3 aliphatic rings. The molecule has 1 atom stereocenters. The van der Waals surface area contributed by atoms with Gasteiger partial charge in [0.15, 0.2) is 0 Å². The Morgan fingerprint density at radius 3 is 2.29 bits per heavy atom. The minimum Gasteiger partial charge on any atom is -0.494 e. The van der Waals surface area contributed by atoms with E-state index in [0.717, 1.165) is 70.9 Å². The Balaban J connectivity index is 1.17. The van der Waals surface area contributed by atoms with Crippen molar-refractivity contribution < 1.29 is 9.53 Å². The van der Waals surface area contributed by atoms with Crippen molar-refractivity contribution in [2.45, 2.75) is 44.6 Å². The summed E-state index contributed by atoms with van der Waals surface area (Å²) in [5, 5.41) is 4.71. The zero-order valence-corrected chi connectivity index (χ0v) is 19.3. The molecule has 1 aromatic carbocycles. The Morgan fingerprint density at radius 1 is 0.935 bits per heavy atom. The van der Waals surface area contributed by atoms with Crippen molar-refractivity contribution >= 4 is 11.7 Å². The van der Waals surface area contributed by atoms with Crippen LogP contribution in [0.15, 0.2) is 24.3 Å². The van der Waals surface area contributed by atoms with Gasteiger partial charge in [0.2, 0.25) is 0 Å². The number of likely N-dealkylation sites (tertiary alicyclic amines) is 1. The van der Waals surface area contributed by atoms with Crippen molar-refractivity contribution in [1.29, 1.82) is 0 Å². The number of hydrogen-bond acceptors (Lipinski definition) is 5. The molecule has 0 N–H and O–H groups in total. The molecule has 0 aliphatic carbocycles. The van der Waals surface area contributed by atoms with Gasteiger partial charge in [0.05, 0.1) is 6.61 Å². The normalized spacial score (nSPS) is 22.5. The lowest BCUT2D eigenvalue weighted by Crippen LogP contribution is -2.52. The SMILES string of the molecule is CN(C)N1CCC[C@@H]1CCCOc1ccc(N2CCN(C(=O)N3CCCC3)CC2)cc1. The Labute approximate surface area is 187 Å². The molecule has 0 saturated carbocycles. The van der Waals surface area contributed by atoms with Gasteiger partial charge in [-0.05, 0) is 62.8 Å². The number of amides is 2. The smallest absolute Gasteiger partial charge is 0.320 e. The molecule has 7 nitrogen and oxygen atoms in total. The molecule has 0 spiro atoms. The third-order valence-corrected chi connectivity index (χ3v) is 6.94. The van der Waals surface area contributed by atoms with E-state index in [0.29, 0.717) is 6.04 Å². The monoisotopic (exact) mass is 429 g/mol. The van der Waals surface area contributed by atoms with Gasteiger partial charge >= 0.3 is 6.03 Å².